The quantitative estimate of drug-likeness (QED) is 0.434. The van der Waals surface area contributed by atoms with Crippen LogP contribution in [0.25, 0.3) is 22.4 Å². The molecule has 1 aliphatic rings. The minimum atomic E-state index is -3.64. The summed E-state index contributed by atoms with van der Waals surface area (Å²) in [6, 6.07) is 11.2. The predicted octanol–water partition coefficient (Wildman–Crippen LogP) is 3.94. The van der Waals surface area contributed by atoms with E-state index in [0.29, 0.717) is 29.6 Å². The molecule has 180 valence electrons. The number of hydrogen-bond donors (Lipinski definition) is 2. The van der Waals surface area contributed by atoms with Crippen LogP contribution in [0.5, 0.6) is 0 Å². The average molecular weight is 498 g/mol. The number of carbonyl (C=O) groups excluding carboxylic acids is 1. The molecule has 2 aromatic heterocycles. The van der Waals surface area contributed by atoms with Gasteiger partial charge in [0.25, 0.3) is 0 Å². The molecule has 0 atom stereocenters. The van der Waals surface area contributed by atoms with Crippen molar-refractivity contribution in [2.24, 2.45) is 5.92 Å². The van der Waals surface area contributed by atoms with Crippen LogP contribution >= 0.6 is 0 Å². The van der Waals surface area contributed by atoms with Crippen LogP contribution in [0.2, 0.25) is 0 Å². The second-order valence-corrected chi connectivity index (χ2v) is 10.2. The van der Waals surface area contributed by atoms with Gasteiger partial charge in [0, 0.05) is 37.1 Å². The van der Waals surface area contributed by atoms with E-state index in [9.17, 15) is 22.0 Å². The standard InChI is InChI=1S/C24H21F2N5O3S/c25-16-3-5-20(26)19(12-16)23-29-21-6-4-17(13-22(21)30-23)28-24(32)15-7-10-31(11-8-15)35(33,34)18-2-1-9-27-14-18/h1-6,9,12-15H,7-8,10-11H2,(H,28,32)(H,29,30). The Labute approximate surface area is 200 Å². The monoisotopic (exact) mass is 497 g/mol. The number of anilines is 1. The Morgan fingerprint density at radius 2 is 1.89 bits per heavy atom. The van der Waals surface area contributed by atoms with Crippen LogP contribution in [-0.4, -0.2) is 46.7 Å². The van der Waals surface area contributed by atoms with E-state index in [-0.39, 0.29) is 41.2 Å². The van der Waals surface area contributed by atoms with Crippen molar-refractivity contribution >= 4 is 32.7 Å². The number of aromatic amines is 1. The number of sulfonamides is 1. The summed E-state index contributed by atoms with van der Waals surface area (Å²) < 4.78 is 54.5. The van der Waals surface area contributed by atoms with E-state index in [1.165, 1.54) is 22.8 Å². The molecule has 0 radical (unpaired) electrons. The third kappa shape index (κ3) is 4.64. The van der Waals surface area contributed by atoms with Gasteiger partial charge in [-0.05, 0) is 61.4 Å². The second kappa shape index (κ2) is 9.16. The number of fused-ring (bicyclic) bond motifs is 1. The number of carbonyl (C=O) groups is 1. The van der Waals surface area contributed by atoms with Gasteiger partial charge in [-0.1, -0.05) is 0 Å². The molecule has 1 aliphatic heterocycles. The first-order valence-corrected chi connectivity index (χ1v) is 12.4. The number of nitrogens with zero attached hydrogens (tertiary/aromatic N) is 3. The minimum absolute atomic E-state index is 0.0137. The van der Waals surface area contributed by atoms with Crippen LogP contribution in [0, 0.1) is 17.6 Å². The number of piperidine rings is 1. The van der Waals surface area contributed by atoms with Crippen molar-refractivity contribution in [2.45, 2.75) is 17.7 Å². The lowest BCUT2D eigenvalue weighted by atomic mass is 9.97. The van der Waals surface area contributed by atoms with Crippen molar-refractivity contribution in [3.63, 3.8) is 0 Å². The number of amides is 1. The number of halogens is 2. The lowest BCUT2D eigenvalue weighted by molar-refractivity contribution is -0.120. The van der Waals surface area contributed by atoms with Crippen molar-refractivity contribution in [3.8, 4) is 11.4 Å². The molecule has 2 N–H and O–H groups in total. The first-order chi connectivity index (χ1) is 16.8. The van der Waals surface area contributed by atoms with Gasteiger partial charge in [-0.15, -0.1) is 0 Å². The summed E-state index contributed by atoms with van der Waals surface area (Å²) in [5.41, 5.74) is 1.62. The summed E-state index contributed by atoms with van der Waals surface area (Å²) in [4.78, 5) is 24.1. The number of hydrogen-bond acceptors (Lipinski definition) is 5. The Balaban J connectivity index is 1.26. The molecule has 0 spiro atoms. The predicted molar refractivity (Wildman–Crippen MR) is 126 cm³/mol. The number of H-pyrrole nitrogens is 1. The van der Waals surface area contributed by atoms with Gasteiger partial charge in [-0.25, -0.2) is 22.2 Å². The van der Waals surface area contributed by atoms with Crippen molar-refractivity contribution < 1.29 is 22.0 Å². The molecule has 3 heterocycles. The van der Waals surface area contributed by atoms with Gasteiger partial charge in [0.2, 0.25) is 15.9 Å². The summed E-state index contributed by atoms with van der Waals surface area (Å²) in [5.74, 6) is -1.55. The molecule has 0 aliphatic carbocycles. The van der Waals surface area contributed by atoms with E-state index >= 15 is 0 Å². The van der Waals surface area contributed by atoms with Gasteiger partial charge in [0.1, 0.15) is 22.4 Å². The molecular weight excluding hydrogens is 476 g/mol. The van der Waals surface area contributed by atoms with E-state index in [2.05, 4.69) is 20.3 Å². The maximum atomic E-state index is 14.1. The van der Waals surface area contributed by atoms with Gasteiger partial charge in [0.05, 0.1) is 16.6 Å². The van der Waals surface area contributed by atoms with Crippen LogP contribution in [0.1, 0.15) is 12.8 Å². The van der Waals surface area contributed by atoms with Gasteiger partial charge in [-0.2, -0.15) is 4.31 Å². The molecule has 8 nitrogen and oxygen atoms in total. The normalized spacial score (nSPS) is 15.4. The maximum Gasteiger partial charge on any atom is 0.244 e. The highest BCUT2D eigenvalue weighted by Gasteiger charge is 2.32. The smallest absolute Gasteiger partial charge is 0.244 e. The van der Waals surface area contributed by atoms with E-state index in [1.807, 2.05) is 0 Å². The Kier molecular flexibility index (Phi) is 6.03. The molecule has 0 unspecified atom stereocenters. The summed E-state index contributed by atoms with van der Waals surface area (Å²) in [6.07, 6.45) is 3.60. The second-order valence-electron chi connectivity index (χ2n) is 8.30. The Bertz CT molecular complexity index is 1500. The van der Waals surface area contributed by atoms with Crippen LogP contribution < -0.4 is 5.32 Å². The molecule has 0 saturated carbocycles. The van der Waals surface area contributed by atoms with E-state index in [1.54, 1.807) is 24.3 Å². The molecule has 1 fully saturated rings. The number of rotatable bonds is 5. The van der Waals surface area contributed by atoms with Crippen LogP contribution in [0.15, 0.2) is 65.8 Å². The fraction of sp³-hybridized carbons (Fsp3) is 0.208. The molecule has 1 saturated heterocycles. The van der Waals surface area contributed by atoms with Gasteiger partial charge >= 0.3 is 0 Å². The van der Waals surface area contributed by atoms with Crippen molar-refractivity contribution in [3.05, 3.63) is 72.6 Å². The Hall–Kier alpha value is -3.70. The first-order valence-electron chi connectivity index (χ1n) is 11.0. The molecule has 11 heteroatoms. The van der Waals surface area contributed by atoms with Crippen molar-refractivity contribution in [1.82, 2.24) is 19.3 Å². The summed E-state index contributed by atoms with van der Waals surface area (Å²) in [6.45, 7) is 0.467. The largest absolute Gasteiger partial charge is 0.338 e. The third-order valence-corrected chi connectivity index (χ3v) is 7.91. The summed E-state index contributed by atoms with van der Waals surface area (Å²) in [5, 5.41) is 2.86. The molecule has 1 amide bonds. The number of pyridine rings is 1. The van der Waals surface area contributed by atoms with E-state index in [4.69, 9.17) is 0 Å². The zero-order chi connectivity index (χ0) is 24.6. The van der Waals surface area contributed by atoms with E-state index in [0.717, 1.165) is 18.2 Å². The number of nitrogens with one attached hydrogen (secondary N) is 2. The molecule has 0 bridgehead atoms. The highest BCUT2D eigenvalue weighted by Crippen LogP contribution is 2.27. The lowest BCUT2D eigenvalue weighted by Gasteiger charge is -2.30. The van der Waals surface area contributed by atoms with E-state index < -0.39 is 21.7 Å². The van der Waals surface area contributed by atoms with Crippen LogP contribution in [0.4, 0.5) is 14.5 Å². The number of aromatic nitrogens is 3. The fourth-order valence-electron chi connectivity index (χ4n) is 4.15. The molecule has 35 heavy (non-hydrogen) atoms. The highest BCUT2D eigenvalue weighted by atomic mass is 32.2. The average Bonchev–Trinajstić information content (AvgIpc) is 3.29. The lowest BCUT2D eigenvalue weighted by Crippen LogP contribution is -2.41. The number of benzene rings is 2. The topological polar surface area (TPSA) is 108 Å². The van der Waals surface area contributed by atoms with Crippen LogP contribution in [0.3, 0.4) is 0 Å². The zero-order valence-corrected chi connectivity index (χ0v) is 19.2. The molecule has 2 aromatic carbocycles. The highest BCUT2D eigenvalue weighted by molar-refractivity contribution is 7.89. The van der Waals surface area contributed by atoms with Gasteiger partial charge < -0.3 is 10.3 Å². The Morgan fingerprint density at radius 1 is 1.09 bits per heavy atom. The summed E-state index contributed by atoms with van der Waals surface area (Å²) in [7, 11) is -3.64. The fourth-order valence-corrected chi connectivity index (χ4v) is 5.58. The SMILES string of the molecule is O=C(Nc1ccc2nc(-c3cc(F)ccc3F)[nH]c2c1)C1CCN(S(=O)(=O)c2cccnc2)CC1. The van der Waals surface area contributed by atoms with Crippen molar-refractivity contribution in [1.29, 1.82) is 0 Å². The third-order valence-electron chi connectivity index (χ3n) is 6.03. The maximum absolute atomic E-state index is 14.1. The van der Waals surface area contributed by atoms with Gasteiger partial charge in [-0.3, -0.25) is 9.78 Å². The molecule has 4 aromatic rings. The first kappa shape index (κ1) is 23.1. The van der Waals surface area contributed by atoms with Crippen LogP contribution in [-0.2, 0) is 14.8 Å². The Morgan fingerprint density at radius 3 is 2.63 bits per heavy atom. The van der Waals surface area contributed by atoms with Crippen molar-refractivity contribution in [2.75, 3.05) is 18.4 Å². The number of imidazole rings is 1. The zero-order valence-electron chi connectivity index (χ0n) is 18.4. The minimum Gasteiger partial charge on any atom is -0.338 e. The van der Waals surface area contributed by atoms with Gasteiger partial charge in [0.15, 0.2) is 0 Å². The molecule has 5 rings (SSSR count). The summed E-state index contributed by atoms with van der Waals surface area (Å²) >= 11 is 0. The molecular formula is C24H21F2N5O3S.